The Labute approximate surface area is 75.3 Å². The van der Waals surface area contributed by atoms with E-state index < -0.39 is 0 Å². The van der Waals surface area contributed by atoms with Gasteiger partial charge in [-0.05, 0) is 24.1 Å². The number of benzene rings is 1. The lowest BCUT2D eigenvalue weighted by molar-refractivity contribution is 1.01. The van der Waals surface area contributed by atoms with Gasteiger partial charge < -0.3 is 5.73 Å². The van der Waals surface area contributed by atoms with Gasteiger partial charge >= 0.3 is 0 Å². The summed E-state index contributed by atoms with van der Waals surface area (Å²) >= 11 is 1.41. The van der Waals surface area contributed by atoms with E-state index in [1.54, 1.807) is 0 Å². The normalized spacial score (nSPS) is 16.3. The van der Waals surface area contributed by atoms with Gasteiger partial charge in [-0.2, -0.15) is 4.83 Å². The Morgan fingerprint density at radius 3 is 2.58 bits per heavy atom. The molecule has 0 aliphatic carbocycles. The molecule has 0 saturated heterocycles. The fourth-order valence-electron chi connectivity index (χ4n) is 0.998. The molecule has 0 saturated carbocycles. The van der Waals surface area contributed by atoms with Crippen molar-refractivity contribution in [2.24, 2.45) is 5.73 Å². The van der Waals surface area contributed by atoms with Gasteiger partial charge in [-0.1, -0.05) is 18.2 Å². The first kappa shape index (κ1) is 7.52. The molecule has 0 aromatic heterocycles. The zero-order chi connectivity index (χ0) is 8.39. The second-order valence-electron chi connectivity index (χ2n) is 2.43. The summed E-state index contributed by atoms with van der Waals surface area (Å²) in [5.41, 5.74) is 6.67. The number of nitrogens with zero attached hydrogens (tertiary/aromatic N) is 1. The molecular formula is C8H9N3S. The molecule has 0 atom stereocenters. The first-order valence-electron chi connectivity index (χ1n) is 3.60. The van der Waals surface area contributed by atoms with Crippen molar-refractivity contribution in [2.75, 3.05) is 5.01 Å². The van der Waals surface area contributed by atoms with Gasteiger partial charge in [0.25, 0.3) is 0 Å². The third-order valence-electron chi connectivity index (χ3n) is 1.55. The van der Waals surface area contributed by atoms with Crippen LogP contribution in [0, 0.1) is 0 Å². The fourth-order valence-corrected chi connectivity index (χ4v) is 1.52. The van der Waals surface area contributed by atoms with Gasteiger partial charge in [0.2, 0.25) is 0 Å². The average Bonchev–Trinajstić information content (AvgIpc) is 2.54. The van der Waals surface area contributed by atoms with Crippen molar-refractivity contribution in [3.8, 4) is 0 Å². The van der Waals surface area contributed by atoms with Crippen LogP contribution in [0.2, 0.25) is 0 Å². The van der Waals surface area contributed by atoms with E-state index in [-0.39, 0.29) is 0 Å². The minimum absolute atomic E-state index is 0.777. The summed E-state index contributed by atoms with van der Waals surface area (Å²) in [5, 5.41) is 2.67. The summed E-state index contributed by atoms with van der Waals surface area (Å²) in [7, 11) is 0. The molecule has 2 rings (SSSR count). The lowest BCUT2D eigenvalue weighted by Crippen LogP contribution is -2.22. The summed E-state index contributed by atoms with van der Waals surface area (Å²) in [6, 6.07) is 10.00. The van der Waals surface area contributed by atoms with Gasteiger partial charge in [-0.25, -0.2) is 0 Å². The van der Waals surface area contributed by atoms with E-state index >= 15 is 0 Å². The molecule has 1 aromatic rings. The zero-order valence-electron chi connectivity index (χ0n) is 6.40. The second kappa shape index (κ2) is 3.08. The fraction of sp³-hybridized carbons (Fsp3) is 0. The molecule has 1 aliphatic heterocycles. The molecule has 3 N–H and O–H groups in total. The molecule has 62 valence electrons. The van der Waals surface area contributed by atoms with Crippen LogP contribution in [0.15, 0.2) is 41.6 Å². The van der Waals surface area contributed by atoms with E-state index in [2.05, 4.69) is 4.83 Å². The van der Waals surface area contributed by atoms with Crippen LogP contribution >= 0.6 is 11.9 Å². The highest BCUT2D eigenvalue weighted by Gasteiger charge is 2.10. The summed E-state index contributed by atoms with van der Waals surface area (Å²) in [5.74, 6) is 0. The number of hydrogen-bond donors (Lipinski definition) is 2. The van der Waals surface area contributed by atoms with Crippen LogP contribution in [0.1, 0.15) is 0 Å². The lowest BCUT2D eigenvalue weighted by Gasteiger charge is -2.13. The standard InChI is InChI=1S/C8H9N3S/c9-8-6-11(10-12-8)7-4-2-1-3-5-7/h1-6,10H,9H2. The first-order valence-corrected chi connectivity index (χ1v) is 4.42. The smallest absolute Gasteiger partial charge is 0.101 e. The van der Waals surface area contributed by atoms with E-state index in [9.17, 15) is 0 Å². The maximum absolute atomic E-state index is 5.58. The maximum atomic E-state index is 5.58. The zero-order valence-corrected chi connectivity index (χ0v) is 7.21. The lowest BCUT2D eigenvalue weighted by atomic mass is 10.3. The highest BCUT2D eigenvalue weighted by molar-refractivity contribution is 8.01. The number of anilines is 1. The van der Waals surface area contributed by atoms with E-state index in [1.165, 1.54) is 11.9 Å². The molecule has 4 heteroatoms. The molecule has 1 heterocycles. The molecule has 12 heavy (non-hydrogen) atoms. The van der Waals surface area contributed by atoms with Crippen molar-refractivity contribution in [3.05, 3.63) is 41.6 Å². The Balaban J connectivity index is 2.22. The average molecular weight is 179 g/mol. The predicted octanol–water partition coefficient (Wildman–Crippen LogP) is 1.42. The molecule has 1 aliphatic rings. The van der Waals surface area contributed by atoms with Crippen molar-refractivity contribution < 1.29 is 0 Å². The third-order valence-corrected chi connectivity index (χ3v) is 2.18. The van der Waals surface area contributed by atoms with Gasteiger partial charge in [-0.3, -0.25) is 5.01 Å². The maximum Gasteiger partial charge on any atom is 0.101 e. The molecular weight excluding hydrogens is 170 g/mol. The van der Waals surface area contributed by atoms with Crippen molar-refractivity contribution >= 4 is 17.6 Å². The Morgan fingerprint density at radius 1 is 1.25 bits per heavy atom. The SMILES string of the molecule is NC1=CN(c2ccccc2)NS1. The van der Waals surface area contributed by atoms with E-state index in [0.29, 0.717) is 0 Å². The van der Waals surface area contributed by atoms with Crippen molar-refractivity contribution in [3.63, 3.8) is 0 Å². The highest BCUT2D eigenvalue weighted by Crippen LogP contribution is 2.21. The number of nitrogens with two attached hydrogens (primary N) is 1. The number of hydrazine groups is 1. The monoisotopic (exact) mass is 179 g/mol. The van der Waals surface area contributed by atoms with Gasteiger partial charge in [0.15, 0.2) is 0 Å². The Bertz CT molecular complexity index is 296. The largest absolute Gasteiger partial charge is 0.391 e. The van der Waals surface area contributed by atoms with E-state index in [0.717, 1.165) is 10.7 Å². The summed E-state index contributed by atoms with van der Waals surface area (Å²) < 4.78 is 0. The first-order chi connectivity index (χ1) is 5.86. The number of hydrogen-bond acceptors (Lipinski definition) is 4. The summed E-state index contributed by atoms with van der Waals surface area (Å²) in [6.45, 7) is 0. The van der Waals surface area contributed by atoms with Gasteiger partial charge in [0.1, 0.15) is 5.03 Å². The van der Waals surface area contributed by atoms with Crippen molar-refractivity contribution in [1.82, 2.24) is 4.83 Å². The Morgan fingerprint density at radius 2 is 2.00 bits per heavy atom. The molecule has 0 unspecified atom stereocenters. The van der Waals surface area contributed by atoms with Crippen molar-refractivity contribution in [1.29, 1.82) is 0 Å². The molecule has 0 radical (unpaired) electrons. The van der Waals surface area contributed by atoms with Crippen molar-refractivity contribution in [2.45, 2.75) is 0 Å². The number of para-hydroxylation sites is 1. The highest BCUT2D eigenvalue weighted by atomic mass is 32.2. The van der Waals surface area contributed by atoms with Gasteiger partial charge in [0.05, 0.1) is 11.9 Å². The molecule has 0 bridgehead atoms. The van der Waals surface area contributed by atoms with Crippen LogP contribution in [0.4, 0.5) is 5.69 Å². The minimum Gasteiger partial charge on any atom is -0.391 e. The summed E-state index contributed by atoms with van der Waals surface area (Å²) in [4.78, 5) is 3.06. The van der Waals surface area contributed by atoms with Crippen LogP contribution in [0.3, 0.4) is 0 Å². The number of nitrogens with one attached hydrogen (secondary N) is 1. The number of rotatable bonds is 1. The van der Waals surface area contributed by atoms with Crippen LogP contribution in [-0.4, -0.2) is 0 Å². The topological polar surface area (TPSA) is 41.3 Å². The van der Waals surface area contributed by atoms with Crippen LogP contribution < -0.4 is 15.6 Å². The minimum atomic E-state index is 0.777. The van der Waals surface area contributed by atoms with E-state index in [4.69, 9.17) is 5.73 Å². The Hall–Kier alpha value is -1.13. The third kappa shape index (κ3) is 1.39. The molecule has 3 nitrogen and oxygen atoms in total. The Kier molecular flexibility index (Phi) is 1.93. The predicted molar refractivity (Wildman–Crippen MR) is 51.9 cm³/mol. The second-order valence-corrected chi connectivity index (χ2v) is 3.29. The molecule has 0 spiro atoms. The molecule has 0 amide bonds. The summed E-state index contributed by atoms with van der Waals surface area (Å²) in [6.07, 6.45) is 1.86. The van der Waals surface area contributed by atoms with Crippen LogP contribution in [-0.2, 0) is 0 Å². The van der Waals surface area contributed by atoms with E-state index in [1.807, 2.05) is 41.5 Å². The van der Waals surface area contributed by atoms with Gasteiger partial charge in [0, 0.05) is 0 Å². The quantitative estimate of drug-likeness (QED) is 0.640. The van der Waals surface area contributed by atoms with Gasteiger partial charge in [-0.15, -0.1) is 0 Å². The molecule has 0 fully saturated rings. The molecule has 1 aromatic carbocycles. The van der Waals surface area contributed by atoms with Crippen LogP contribution in [0.5, 0.6) is 0 Å². The van der Waals surface area contributed by atoms with Crippen LogP contribution in [0.25, 0.3) is 0 Å².